The summed E-state index contributed by atoms with van der Waals surface area (Å²) < 4.78 is 7.17. The van der Waals surface area contributed by atoms with E-state index in [2.05, 4.69) is 35.5 Å². The highest BCUT2D eigenvalue weighted by Crippen LogP contribution is 2.29. The van der Waals surface area contributed by atoms with Gasteiger partial charge < -0.3 is 14.9 Å². The van der Waals surface area contributed by atoms with E-state index in [1.165, 1.54) is 0 Å². The summed E-state index contributed by atoms with van der Waals surface area (Å²) in [5.74, 6) is 1.05. The molecule has 2 aromatic rings. The molecule has 0 fully saturated rings. The molecule has 0 bridgehead atoms. The number of benzene rings is 1. The molecule has 0 saturated carbocycles. The van der Waals surface area contributed by atoms with Crippen molar-refractivity contribution >= 4 is 11.6 Å². The monoisotopic (exact) mass is 370 g/mol. The minimum absolute atomic E-state index is 0.168. The van der Waals surface area contributed by atoms with Crippen molar-refractivity contribution in [1.29, 1.82) is 0 Å². The van der Waals surface area contributed by atoms with E-state index in [0.29, 0.717) is 18.9 Å². The Morgan fingerprint density at radius 1 is 1.44 bits per heavy atom. The number of amides is 1. The Balaban J connectivity index is 1.62. The molecule has 0 spiro atoms. The molecule has 2 heterocycles. The van der Waals surface area contributed by atoms with Gasteiger partial charge in [0.15, 0.2) is 0 Å². The fraction of sp³-hybridized carbons (Fsp3) is 0.450. The lowest BCUT2D eigenvalue weighted by Gasteiger charge is -2.17. The molecule has 1 aliphatic rings. The molecule has 27 heavy (non-hydrogen) atoms. The largest absolute Gasteiger partial charge is 0.496 e. The van der Waals surface area contributed by atoms with E-state index in [1.807, 2.05) is 26.2 Å². The summed E-state index contributed by atoms with van der Waals surface area (Å²) >= 11 is 0. The van der Waals surface area contributed by atoms with Crippen LogP contribution in [-0.4, -0.2) is 34.6 Å². The van der Waals surface area contributed by atoms with Crippen molar-refractivity contribution in [2.24, 2.45) is 12.2 Å². The molecule has 1 atom stereocenters. The van der Waals surface area contributed by atoms with Gasteiger partial charge in [0.25, 0.3) is 5.91 Å². The Hall–Kier alpha value is -2.83. The molecule has 7 heteroatoms. The summed E-state index contributed by atoms with van der Waals surface area (Å²) in [4.78, 5) is 17.8. The number of hydrogen-bond acceptors (Lipinski definition) is 5. The number of rotatable bonds is 6. The smallest absolute Gasteiger partial charge is 0.264 e. The Labute approximate surface area is 159 Å². The standard InChI is InChI=1S/C20H26N4O3/c1-12(2)16-7-14(13(3)6-18(16)26-5)9-21-20(25)19-8-17(23-27-19)15-10-22-24(4)11-15/h6-7,10-12,19H,8-9H2,1-5H3,(H,21,25). The van der Waals surface area contributed by atoms with Crippen LogP contribution in [0.1, 0.15) is 48.4 Å². The molecule has 1 aromatic heterocycles. The summed E-state index contributed by atoms with van der Waals surface area (Å²) in [6, 6.07) is 4.12. The summed E-state index contributed by atoms with van der Waals surface area (Å²) in [6.07, 6.45) is 3.41. The molecule has 1 aromatic carbocycles. The van der Waals surface area contributed by atoms with Crippen molar-refractivity contribution in [2.45, 2.75) is 45.8 Å². The van der Waals surface area contributed by atoms with E-state index in [0.717, 1.165) is 33.7 Å². The van der Waals surface area contributed by atoms with Crippen molar-refractivity contribution in [3.8, 4) is 5.75 Å². The maximum Gasteiger partial charge on any atom is 0.264 e. The van der Waals surface area contributed by atoms with Gasteiger partial charge in [0.1, 0.15) is 5.75 Å². The van der Waals surface area contributed by atoms with Crippen molar-refractivity contribution in [1.82, 2.24) is 15.1 Å². The Morgan fingerprint density at radius 2 is 2.22 bits per heavy atom. The fourth-order valence-electron chi connectivity index (χ4n) is 3.12. The number of ether oxygens (including phenoxy) is 1. The SMILES string of the molecule is COc1cc(C)c(CNC(=O)C2CC(c3cnn(C)c3)=NO2)cc1C(C)C. The molecule has 144 valence electrons. The molecule has 0 radical (unpaired) electrons. The van der Waals surface area contributed by atoms with Crippen LogP contribution in [0.3, 0.4) is 0 Å². The normalized spacial score (nSPS) is 16.2. The van der Waals surface area contributed by atoms with Crippen LogP contribution in [0, 0.1) is 6.92 Å². The average molecular weight is 370 g/mol. The van der Waals surface area contributed by atoms with Crippen LogP contribution in [0.4, 0.5) is 0 Å². The minimum atomic E-state index is -0.608. The van der Waals surface area contributed by atoms with E-state index in [-0.39, 0.29) is 5.91 Å². The summed E-state index contributed by atoms with van der Waals surface area (Å²) in [5, 5.41) is 11.1. The number of oxime groups is 1. The second kappa shape index (κ2) is 7.82. The van der Waals surface area contributed by atoms with Crippen LogP contribution in [0.25, 0.3) is 0 Å². The second-order valence-electron chi connectivity index (χ2n) is 7.13. The molecule has 1 unspecified atom stereocenters. The van der Waals surface area contributed by atoms with Crippen LogP contribution in [0.5, 0.6) is 5.75 Å². The third-order valence-electron chi connectivity index (χ3n) is 4.76. The van der Waals surface area contributed by atoms with Crippen LogP contribution in [0.15, 0.2) is 29.7 Å². The van der Waals surface area contributed by atoms with Gasteiger partial charge in [-0.1, -0.05) is 19.0 Å². The highest BCUT2D eigenvalue weighted by Gasteiger charge is 2.29. The molecule has 1 N–H and O–H groups in total. The van der Waals surface area contributed by atoms with Gasteiger partial charge in [-0.2, -0.15) is 5.10 Å². The molecule has 0 aliphatic carbocycles. The van der Waals surface area contributed by atoms with Crippen molar-refractivity contribution < 1.29 is 14.4 Å². The van der Waals surface area contributed by atoms with Gasteiger partial charge in [0.05, 0.1) is 19.0 Å². The van der Waals surface area contributed by atoms with Gasteiger partial charge in [-0.3, -0.25) is 9.48 Å². The van der Waals surface area contributed by atoms with Crippen molar-refractivity contribution in [2.75, 3.05) is 7.11 Å². The third kappa shape index (κ3) is 4.13. The van der Waals surface area contributed by atoms with E-state index >= 15 is 0 Å². The molecule has 0 saturated heterocycles. The lowest BCUT2D eigenvalue weighted by molar-refractivity contribution is -0.131. The van der Waals surface area contributed by atoms with E-state index in [4.69, 9.17) is 9.57 Å². The van der Waals surface area contributed by atoms with Gasteiger partial charge in [-0.15, -0.1) is 0 Å². The lowest BCUT2D eigenvalue weighted by atomic mass is 9.96. The molecular formula is C20H26N4O3. The highest BCUT2D eigenvalue weighted by atomic mass is 16.6. The number of nitrogens with one attached hydrogen (secondary N) is 1. The Kier molecular flexibility index (Phi) is 5.48. The van der Waals surface area contributed by atoms with Gasteiger partial charge in [0, 0.05) is 31.8 Å². The van der Waals surface area contributed by atoms with Crippen LogP contribution in [-0.2, 0) is 23.2 Å². The number of aromatic nitrogens is 2. The predicted octanol–water partition coefficient (Wildman–Crippen LogP) is 2.67. The molecule has 1 amide bonds. The van der Waals surface area contributed by atoms with Crippen molar-refractivity contribution in [3.63, 3.8) is 0 Å². The maximum absolute atomic E-state index is 12.5. The summed E-state index contributed by atoms with van der Waals surface area (Å²) in [7, 11) is 3.52. The van der Waals surface area contributed by atoms with Crippen LogP contribution in [0.2, 0.25) is 0 Å². The number of methoxy groups -OCH3 is 1. The second-order valence-corrected chi connectivity index (χ2v) is 7.13. The van der Waals surface area contributed by atoms with Gasteiger partial charge in [-0.05, 0) is 41.7 Å². The molecule has 1 aliphatic heterocycles. The van der Waals surface area contributed by atoms with Gasteiger partial charge >= 0.3 is 0 Å². The zero-order valence-corrected chi connectivity index (χ0v) is 16.4. The molecule has 7 nitrogen and oxygen atoms in total. The van der Waals surface area contributed by atoms with Gasteiger partial charge in [-0.25, -0.2) is 0 Å². The first-order valence-corrected chi connectivity index (χ1v) is 9.06. The first-order valence-electron chi connectivity index (χ1n) is 9.06. The highest BCUT2D eigenvalue weighted by molar-refractivity contribution is 6.03. The number of nitrogens with zero attached hydrogens (tertiary/aromatic N) is 3. The first-order chi connectivity index (χ1) is 12.9. The molecule has 3 rings (SSSR count). The van der Waals surface area contributed by atoms with E-state index < -0.39 is 6.10 Å². The quantitative estimate of drug-likeness (QED) is 0.848. The Bertz CT molecular complexity index is 870. The van der Waals surface area contributed by atoms with E-state index in [1.54, 1.807) is 18.0 Å². The number of carbonyl (C=O) groups is 1. The maximum atomic E-state index is 12.5. The number of aryl methyl sites for hydroxylation is 2. The van der Waals surface area contributed by atoms with E-state index in [9.17, 15) is 4.79 Å². The van der Waals surface area contributed by atoms with Crippen LogP contribution < -0.4 is 10.1 Å². The first kappa shape index (κ1) is 18.9. The average Bonchev–Trinajstić information content (AvgIpc) is 3.28. The minimum Gasteiger partial charge on any atom is -0.496 e. The number of hydrogen-bond donors (Lipinski definition) is 1. The Morgan fingerprint density at radius 3 is 2.85 bits per heavy atom. The van der Waals surface area contributed by atoms with Crippen molar-refractivity contribution in [3.05, 3.63) is 46.8 Å². The van der Waals surface area contributed by atoms with Gasteiger partial charge in [0.2, 0.25) is 6.10 Å². The zero-order chi connectivity index (χ0) is 19.6. The van der Waals surface area contributed by atoms with Crippen LogP contribution >= 0.6 is 0 Å². The summed E-state index contributed by atoms with van der Waals surface area (Å²) in [5.41, 5.74) is 4.90. The third-order valence-corrected chi connectivity index (χ3v) is 4.76. The zero-order valence-electron chi connectivity index (χ0n) is 16.4. The molecular weight excluding hydrogens is 344 g/mol. The topological polar surface area (TPSA) is 77.7 Å². The fourth-order valence-corrected chi connectivity index (χ4v) is 3.12. The number of carbonyl (C=O) groups excluding carboxylic acids is 1. The predicted molar refractivity (Wildman–Crippen MR) is 103 cm³/mol. The lowest BCUT2D eigenvalue weighted by Crippen LogP contribution is -2.34. The summed E-state index contributed by atoms with van der Waals surface area (Å²) in [6.45, 7) is 6.71.